The lowest BCUT2D eigenvalue weighted by molar-refractivity contribution is 0.222. The van der Waals surface area contributed by atoms with Crippen molar-refractivity contribution in [2.45, 2.75) is 19.4 Å². The van der Waals surface area contributed by atoms with Crippen molar-refractivity contribution < 1.29 is 9.90 Å². The van der Waals surface area contributed by atoms with E-state index in [1.165, 1.54) is 0 Å². The Morgan fingerprint density at radius 1 is 1.50 bits per heavy atom. The summed E-state index contributed by atoms with van der Waals surface area (Å²) in [5.74, 6) is 0. The smallest absolute Gasteiger partial charge is 0.319 e. The zero-order chi connectivity index (χ0) is 12.0. The predicted molar refractivity (Wildman–Crippen MR) is 64.8 cm³/mol. The van der Waals surface area contributed by atoms with Crippen molar-refractivity contribution in [3.63, 3.8) is 0 Å². The minimum atomic E-state index is -0.367. The number of nitrogens with one attached hydrogen (secondary N) is 2. The number of aliphatic hydroxyl groups excluding tert-OH is 1. The number of carbonyl (C=O) groups excluding carboxylic acids is 1. The van der Waals surface area contributed by atoms with Crippen LogP contribution in [0.3, 0.4) is 0 Å². The molecular weight excluding hydrogens is 228 g/mol. The summed E-state index contributed by atoms with van der Waals surface area (Å²) in [4.78, 5) is 11.5. The van der Waals surface area contributed by atoms with Crippen LogP contribution in [-0.2, 0) is 0 Å². The van der Waals surface area contributed by atoms with Crippen molar-refractivity contribution in [3.8, 4) is 0 Å². The highest BCUT2D eigenvalue weighted by atomic mass is 35.5. The summed E-state index contributed by atoms with van der Waals surface area (Å²) in [6.07, 6.45) is 0.673. The number of halogens is 1. The number of urea groups is 1. The predicted octanol–water partition coefficient (Wildman–Crippen LogP) is 2.23. The molecule has 0 heterocycles. The van der Waals surface area contributed by atoms with Crippen LogP contribution in [-0.4, -0.2) is 23.8 Å². The normalized spacial score (nSPS) is 11.9. The zero-order valence-electron chi connectivity index (χ0n) is 9.03. The van der Waals surface area contributed by atoms with Crippen LogP contribution in [0.15, 0.2) is 24.3 Å². The van der Waals surface area contributed by atoms with Gasteiger partial charge in [-0.2, -0.15) is 0 Å². The van der Waals surface area contributed by atoms with E-state index < -0.39 is 0 Å². The van der Waals surface area contributed by atoms with E-state index >= 15 is 0 Å². The fourth-order valence-electron chi connectivity index (χ4n) is 1.18. The van der Waals surface area contributed by atoms with Gasteiger partial charge in [0.05, 0.1) is 23.4 Å². The number of rotatable bonds is 4. The third kappa shape index (κ3) is 3.72. The lowest BCUT2D eigenvalue weighted by Gasteiger charge is -2.15. The standard InChI is InChI=1S/C11H15ClN2O2/c1-2-8(7-15)13-11(16)14-10-6-4-3-5-9(10)12/h3-6,8,15H,2,7H2,1H3,(H2,13,14,16)/t8-/m0/s1. The third-order valence-electron chi connectivity index (χ3n) is 2.17. The molecule has 0 saturated heterocycles. The number of amides is 2. The van der Waals surface area contributed by atoms with Gasteiger partial charge in [0, 0.05) is 0 Å². The van der Waals surface area contributed by atoms with Crippen molar-refractivity contribution in [1.82, 2.24) is 5.32 Å². The van der Waals surface area contributed by atoms with Gasteiger partial charge in [0.1, 0.15) is 0 Å². The van der Waals surface area contributed by atoms with Crippen molar-refractivity contribution in [1.29, 1.82) is 0 Å². The molecule has 5 heteroatoms. The van der Waals surface area contributed by atoms with Crippen LogP contribution in [0.4, 0.5) is 10.5 Å². The molecule has 0 spiro atoms. The lowest BCUT2D eigenvalue weighted by Crippen LogP contribution is -2.39. The second-order valence-electron chi connectivity index (χ2n) is 3.37. The van der Waals surface area contributed by atoms with Gasteiger partial charge in [0.15, 0.2) is 0 Å². The molecular formula is C11H15ClN2O2. The highest BCUT2D eigenvalue weighted by Gasteiger charge is 2.09. The Morgan fingerprint density at radius 3 is 2.75 bits per heavy atom. The van der Waals surface area contributed by atoms with Gasteiger partial charge >= 0.3 is 6.03 Å². The van der Waals surface area contributed by atoms with Crippen molar-refractivity contribution >= 4 is 23.3 Å². The van der Waals surface area contributed by atoms with E-state index in [-0.39, 0.29) is 18.7 Å². The van der Waals surface area contributed by atoms with E-state index in [0.717, 1.165) is 0 Å². The van der Waals surface area contributed by atoms with Crippen LogP contribution >= 0.6 is 11.6 Å². The number of hydrogen-bond donors (Lipinski definition) is 3. The molecule has 2 amide bonds. The van der Waals surface area contributed by atoms with E-state index in [1.54, 1.807) is 24.3 Å². The molecule has 1 aromatic carbocycles. The van der Waals surface area contributed by atoms with Crippen LogP contribution in [0, 0.1) is 0 Å². The van der Waals surface area contributed by atoms with Crippen LogP contribution < -0.4 is 10.6 Å². The molecule has 0 bridgehead atoms. The third-order valence-corrected chi connectivity index (χ3v) is 2.50. The second-order valence-corrected chi connectivity index (χ2v) is 3.77. The summed E-state index contributed by atoms with van der Waals surface area (Å²) < 4.78 is 0. The molecule has 0 radical (unpaired) electrons. The van der Waals surface area contributed by atoms with Gasteiger partial charge in [-0.25, -0.2) is 4.79 Å². The Labute approximate surface area is 99.6 Å². The van der Waals surface area contributed by atoms with E-state index in [0.29, 0.717) is 17.1 Å². The van der Waals surface area contributed by atoms with E-state index in [1.807, 2.05) is 6.92 Å². The highest BCUT2D eigenvalue weighted by molar-refractivity contribution is 6.33. The fourth-order valence-corrected chi connectivity index (χ4v) is 1.37. The van der Waals surface area contributed by atoms with Crippen molar-refractivity contribution in [3.05, 3.63) is 29.3 Å². The Hall–Kier alpha value is -1.26. The van der Waals surface area contributed by atoms with E-state index in [4.69, 9.17) is 16.7 Å². The molecule has 0 aliphatic carbocycles. The molecule has 3 N–H and O–H groups in total. The van der Waals surface area contributed by atoms with Gasteiger partial charge in [-0.1, -0.05) is 30.7 Å². The number of benzene rings is 1. The summed E-state index contributed by atoms with van der Waals surface area (Å²) >= 11 is 5.88. The van der Waals surface area contributed by atoms with Crippen LogP contribution in [0.25, 0.3) is 0 Å². The second kappa shape index (κ2) is 6.35. The van der Waals surface area contributed by atoms with Gasteiger partial charge in [-0.3, -0.25) is 0 Å². The maximum absolute atomic E-state index is 11.5. The molecule has 0 unspecified atom stereocenters. The number of hydrogen-bond acceptors (Lipinski definition) is 2. The Bertz CT molecular complexity index is 354. The summed E-state index contributed by atoms with van der Waals surface area (Å²) in [5.41, 5.74) is 0.550. The average molecular weight is 243 g/mol. The Balaban J connectivity index is 2.55. The summed E-state index contributed by atoms with van der Waals surface area (Å²) in [7, 11) is 0. The number of carbonyl (C=O) groups is 1. The molecule has 16 heavy (non-hydrogen) atoms. The van der Waals surface area contributed by atoms with E-state index in [2.05, 4.69) is 10.6 Å². The number of anilines is 1. The van der Waals surface area contributed by atoms with Gasteiger partial charge in [-0.15, -0.1) is 0 Å². The molecule has 88 valence electrons. The number of para-hydroxylation sites is 1. The Morgan fingerprint density at radius 2 is 2.19 bits per heavy atom. The van der Waals surface area contributed by atoms with Crippen molar-refractivity contribution in [2.24, 2.45) is 0 Å². The first-order valence-corrected chi connectivity index (χ1v) is 5.48. The molecule has 1 atom stereocenters. The molecule has 0 saturated carbocycles. The maximum Gasteiger partial charge on any atom is 0.319 e. The first kappa shape index (κ1) is 12.8. The molecule has 0 aliphatic rings. The van der Waals surface area contributed by atoms with Gasteiger partial charge < -0.3 is 15.7 Å². The SMILES string of the molecule is CC[C@@H](CO)NC(=O)Nc1ccccc1Cl. The van der Waals surface area contributed by atoms with E-state index in [9.17, 15) is 4.79 Å². The molecule has 0 aliphatic heterocycles. The van der Waals surface area contributed by atoms with Gasteiger partial charge in [0.25, 0.3) is 0 Å². The molecule has 0 fully saturated rings. The summed E-state index contributed by atoms with van der Waals surface area (Å²) in [5, 5.41) is 14.7. The molecule has 1 aromatic rings. The largest absolute Gasteiger partial charge is 0.394 e. The first-order chi connectivity index (χ1) is 7.67. The maximum atomic E-state index is 11.5. The van der Waals surface area contributed by atoms with Crippen LogP contribution in [0.2, 0.25) is 5.02 Å². The minimum absolute atomic E-state index is 0.0769. The minimum Gasteiger partial charge on any atom is -0.394 e. The first-order valence-electron chi connectivity index (χ1n) is 5.10. The lowest BCUT2D eigenvalue weighted by atomic mass is 10.2. The summed E-state index contributed by atoms with van der Waals surface area (Å²) in [6, 6.07) is 6.37. The van der Waals surface area contributed by atoms with Crippen LogP contribution in [0.1, 0.15) is 13.3 Å². The highest BCUT2D eigenvalue weighted by Crippen LogP contribution is 2.20. The molecule has 1 rings (SSSR count). The molecule has 4 nitrogen and oxygen atoms in total. The quantitative estimate of drug-likeness (QED) is 0.758. The zero-order valence-corrected chi connectivity index (χ0v) is 9.79. The Kier molecular flexibility index (Phi) is 5.08. The van der Waals surface area contributed by atoms with Crippen molar-refractivity contribution in [2.75, 3.05) is 11.9 Å². The van der Waals surface area contributed by atoms with Gasteiger partial charge in [0.2, 0.25) is 0 Å². The summed E-state index contributed by atoms with van der Waals surface area (Å²) in [6.45, 7) is 1.81. The van der Waals surface area contributed by atoms with Gasteiger partial charge in [-0.05, 0) is 18.6 Å². The monoisotopic (exact) mass is 242 g/mol. The fraction of sp³-hybridized carbons (Fsp3) is 0.364. The average Bonchev–Trinajstić information content (AvgIpc) is 2.29. The molecule has 0 aromatic heterocycles. The van der Waals surface area contributed by atoms with Crippen LogP contribution in [0.5, 0.6) is 0 Å². The number of aliphatic hydroxyl groups is 1. The topological polar surface area (TPSA) is 61.4 Å².